The van der Waals surface area contributed by atoms with Crippen LogP contribution in [-0.2, 0) is 16.1 Å². The van der Waals surface area contributed by atoms with Crippen molar-refractivity contribution in [2.24, 2.45) is 11.3 Å². The van der Waals surface area contributed by atoms with E-state index >= 15 is 0 Å². The smallest absolute Gasteiger partial charge is 0.308 e. The second kappa shape index (κ2) is 8.67. The number of nitrogens with zero attached hydrogens (tertiary/aromatic N) is 1. The first-order valence-corrected chi connectivity index (χ1v) is 9.89. The molecule has 0 radical (unpaired) electrons. The number of halogens is 1. The van der Waals surface area contributed by atoms with E-state index < -0.39 is 5.97 Å². The molecule has 1 N–H and O–H groups in total. The molecule has 0 saturated carbocycles. The lowest BCUT2D eigenvalue weighted by atomic mass is 9.72. The Hall–Kier alpha value is -1.50. The van der Waals surface area contributed by atoms with Crippen molar-refractivity contribution in [3.05, 3.63) is 22.7 Å². The maximum atomic E-state index is 11.9. The molecule has 1 aromatic rings. The van der Waals surface area contributed by atoms with E-state index in [2.05, 4.69) is 4.90 Å². The summed E-state index contributed by atoms with van der Waals surface area (Å²) in [6.45, 7) is 5.78. The van der Waals surface area contributed by atoms with Crippen LogP contribution >= 0.6 is 11.6 Å². The van der Waals surface area contributed by atoms with E-state index in [0.717, 1.165) is 31.4 Å². The number of hydrogen-bond acceptors (Lipinski definition) is 5. The summed E-state index contributed by atoms with van der Waals surface area (Å²) in [6.07, 6.45) is 2.49. The maximum Gasteiger partial charge on any atom is 0.308 e. The fourth-order valence-electron chi connectivity index (χ4n) is 4.24. The van der Waals surface area contributed by atoms with Gasteiger partial charge >= 0.3 is 5.97 Å². The molecule has 7 heteroatoms. The summed E-state index contributed by atoms with van der Waals surface area (Å²) in [5.41, 5.74) is 0.718. The highest BCUT2D eigenvalue weighted by Crippen LogP contribution is 2.45. The van der Waals surface area contributed by atoms with Gasteiger partial charge in [0.2, 0.25) is 0 Å². The molecule has 0 aromatic heterocycles. The van der Waals surface area contributed by atoms with E-state index in [9.17, 15) is 9.90 Å². The molecule has 2 saturated heterocycles. The van der Waals surface area contributed by atoms with Gasteiger partial charge in [0.25, 0.3) is 0 Å². The summed E-state index contributed by atoms with van der Waals surface area (Å²) in [4.78, 5) is 14.0. The third kappa shape index (κ3) is 4.33. The van der Waals surface area contributed by atoms with Gasteiger partial charge in [-0.3, -0.25) is 9.69 Å². The topological polar surface area (TPSA) is 68.2 Å². The number of carboxylic acid groups (broad SMARTS) is 1. The molecule has 2 aliphatic heterocycles. The van der Waals surface area contributed by atoms with E-state index in [1.54, 1.807) is 13.2 Å². The number of ether oxygens (including phenoxy) is 3. The van der Waals surface area contributed by atoms with Crippen molar-refractivity contribution in [2.45, 2.75) is 32.7 Å². The van der Waals surface area contributed by atoms with Gasteiger partial charge in [-0.05, 0) is 30.9 Å². The first kappa shape index (κ1) is 20.2. The van der Waals surface area contributed by atoms with Crippen LogP contribution in [0.3, 0.4) is 0 Å². The Morgan fingerprint density at radius 2 is 2.11 bits per heavy atom. The zero-order valence-electron chi connectivity index (χ0n) is 16.0. The van der Waals surface area contributed by atoms with Crippen LogP contribution in [-0.4, -0.2) is 56.0 Å². The number of methoxy groups -OCH3 is 1. The van der Waals surface area contributed by atoms with E-state index in [0.29, 0.717) is 49.4 Å². The second-order valence-corrected chi connectivity index (χ2v) is 7.89. The van der Waals surface area contributed by atoms with Gasteiger partial charge in [-0.2, -0.15) is 0 Å². The Morgan fingerprint density at radius 3 is 2.74 bits per heavy atom. The van der Waals surface area contributed by atoms with Crippen LogP contribution in [0.25, 0.3) is 0 Å². The molecule has 150 valence electrons. The Bertz CT molecular complexity index is 675. The van der Waals surface area contributed by atoms with E-state index in [1.165, 1.54) is 0 Å². The summed E-state index contributed by atoms with van der Waals surface area (Å²) in [5, 5.41) is 10.4. The van der Waals surface area contributed by atoms with Crippen molar-refractivity contribution in [3.63, 3.8) is 0 Å². The summed E-state index contributed by atoms with van der Waals surface area (Å²) in [6, 6.07) is 3.69. The summed E-state index contributed by atoms with van der Waals surface area (Å²) >= 11 is 6.49. The number of hydrogen-bond donors (Lipinski definition) is 1. The van der Waals surface area contributed by atoms with Crippen molar-refractivity contribution >= 4 is 17.6 Å². The van der Waals surface area contributed by atoms with Crippen LogP contribution in [0, 0.1) is 11.3 Å². The molecule has 0 bridgehead atoms. The molecule has 27 heavy (non-hydrogen) atoms. The first-order valence-electron chi connectivity index (χ1n) is 9.51. The van der Waals surface area contributed by atoms with Crippen LogP contribution in [0.4, 0.5) is 0 Å². The Balaban J connectivity index is 1.77. The first-order chi connectivity index (χ1) is 13.0. The Morgan fingerprint density at radius 1 is 1.37 bits per heavy atom. The maximum absolute atomic E-state index is 11.9. The average Bonchev–Trinajstić information content (AvgIpc) is 2.99. The molecule has 0 aliphatic carbocycles. The molecule has 2 heterocycles. The zero-order chi connectivity index (χ0) is 19.4. The van der Waals surface area contributed by atoms with E-state index in [4.69, 9.17) is 25.8 Å². The molecule has 3 rings (SSSR count). The normalized spacial score (nSPS) is 22.1. The summed E-state index contributed by atoms with van der Waals surface area (Å²) < 4.78 is 16.6. The minimum Gasteiger partial charge on any atom is -0.493 e. The van der Waals surface area contributed by atoms with Crippen molar-refractivity contribution < 1.29 is 24.1 Å². The van der Waals surface area contributed by atoms with Crippen molar-refractivity contribution in [2.75, 3.05) is 40.0 Å². The van der Waals surface area contributed by atoms with Crippen LogP contribution in [0.1, 0.15) is 31.7 Å². The second-order valence-electron chi connectivity index (χ2n) is 7.48. The fourth-order valence-corrected chi connectivity index (χ4v) is 4.45. The number of carboxylic acids is 1. The summed E-state index contributed by atoms with van der Waals surface area (Å²) in [5.74, 6) is 0.206. The predicted molar refractivity (Wildman–Crippen MR) is 103 cm³/mol. The zero-order valence-corrected chi connectivity index (χ0v) is 16.8. The van der Waals surface area contributed by atoms with Gasteiger partial charge in [0.15, 0.2) is 11.5 Å². The fraction of sp³-hybridized carbons (Fsp3) is 0.650. The molecule has 6 nitrogen and oxygen atoms in total. The van der Waals surface area contributed by atoms with Gasteiger partial charge in [-0.15, -0.1) is 0 Å². The number of aliphatic carboxylic acids is 1. The molecule has 2 fully saturated rings. The minimum absolute atomic E-state index is 0.204. The quantitative estimate of drug-likeness (QED) is 0.760. The van der Waals surface area contributed by atoms with Crippen LogP contribution in [0.2, 0.25) is 5.02 Å². The highest BCUT2D eigenvalue weighted by Gasteiger charge is 2.50. The Kier molecular flexibility index (Phi) is 6.50. The van der Waals surface area contributed by atoms with Gasteiger partial charge in [-0.25, -0.2) is 0 Å². The molecular formula is C20H28ClNO5. The van der Waals surface area contributed by atoms with Crippen LogP contribution in [0.5, 0.6) is 11.5 Å². The van der Waals surface area contributed by atoms with E-state index in [-0.39, 0.29) is 11.3 Å². The predicted octanol–water partition coefficient (Wildman–Crippen LogP) is 3.45. The van der Waals surface area contributed by atoms with Crippen LogP contribution in [0.15, 0.2) is 12.1 Å². The van der Waals surface area contributed by atoms with Gasteiger partial charge in [0, 0.05) is 49.4 Å². The number of likely N-dealkylation sites (tertiary alicyclic amines) is 1. The number of rotatable bonds is 7. The SMILES string of the molecule is CCCOc1cc(Cl)c(CN2CC(C(=O)O)C3(CCOCC3)C2)cc1OC. The molecule has 0 amide bonds. The van der Waals surface area contributed by atoms with Crippen molar-refractivity contribution in [3.8, 4) is 11.5 Å². The lowest BCUT2D eigenvalue weighted by Gasteiger charge is -2.36. The third-order valence-corrected chi connectivity index (χ3v) is 6.05. The molecule has 2 aliphatic rings. The molecule has 1 aromatic carbocycles. The summed E-state index contributed by atoms with van der Waals surface area (Å²) in [7, 11) is 1.61. The third-order valence-electron chi connectivity index (χ3n) is 5.69. The van der Waals surface area contributed by atoms with Crippen molar-refractivity contribution in [1.82, 2.24) is 4.90 Å². The molecular weight excluding hydrogens is 370 g/mol. The van der Waals surface area contributed by atoms with Gasteiger partial charge in [-0.1, -0.05) is 18.5 Å². The van der Waals surface area contributed by atoms with E-state index in [1.807, 2.05) is 13.0 Å². The lowest BCUT2D eigenvalue weighted by molar-refractivity contribution is -0.147. The number of benzene rings is 1. The standard InChI is InChI=1S/C20H28ClNO5/c1-3-6-27-18-10-16(21)14(9-17(18)25-2)11-22-12-15(19(23)24)20(13-22)4-7-26-8-5-20/h9-10,15H,3-8,11-13H2,1-2H3,(H,23,24). The lowest BCUT2D eigenvalue weighted by Crippen LogP contribution is -2.40. The minimum atomic E-state index is -0.716. The highest BCUT2D eigenvalue weighted by molar-refractivity contribution is 6.31. The Labute approximate surface area is 165 Å². The highest BCUT2D eigenvalue weighted by atomic mass is 35.5. The van der Waals surface area contributed by atoms with Gasteiger partial charge in [0.1, 0.15) is 0 Å². The van der Waals surface area contributed by atoms with Gasteiger partial charge < -0.3 is 19.3 Å². The van der Waals surface area contributed by atoms with Crippen LogP contribution < -0.4 is 9.47 Å². The number of carbonyl (C=O) groups is 1. The monoisotopic (exact) mass is 397 g/mol. The average molecular weight is 398 g/mol. The molecule has 1 unspecified atom stereocenters. The molecule has 1 atom stereocenters. The molecule has 1 spiro atoms. The van der Waals surface area contributed by atoms with Gasteiger partial charge in [0.05, 0.1) is 19.6 Å². The van der Waals surface area contributed by atoms with Crippen molar-refractivity contribution in [1.29, 1.82) is 0 Å². The largest absolute Gasteiger partial charge is 0.493 e.